The van der Waals surface area contributed by atoms with E-state index in [9.17, 15) is 26.4 Å². The molecule has 5 nitrogen and oxygen atoms in total. The second-order valence-electron chi connectivity index (χ2n) is 6.67. The van der Waals surface area contributed by atoms with Gasteiger partial charge >= 0.3 is 6.18 Å². The summed E-state index contributed by atoms with van der Waals surface area (Å²) >= 11 is 3.32. The SMILES string of the molecule is CC(=O)CCN1CCN(S(=O)(=O)c2cccc(C(F)(F)F)c2)c2cc(Br)ccc21. The summed E-state index contributed by atoms with van der Waals surface area (Å²) in [4.78, 5) is 12.8. The highest BCUT2D eigenvalue weighted by molar-refractivity contribution is 9.10. The number of rotatable bonds is 5. The summed E-state index contributed by atoms with van der Waals surface area (Å²) in [6, 6.07) is 8.82. The highest BCUT2D eigenvalue weighted by Crippen LogP contribution is 2.39. The molecular formula is C19H18BrF3N2O3S. The Balaban J connectivity index is 2.03. The van der Waals surface area contributed by atoms with Gasteiger partial charge in [0.05, 0.1) is 28.4 Å². The molecule has 10 heteroatoms. The van der Waals surface area contributed by atoms with Crippen LogP contribution in [0.2, 0.25) is 0 Å². The number of benzene rings is 2. The molecule has 0 aromatic heterocycles. The predicted molar refractivity (Wildman–Crippen MR) is 108 cm³/mol. The van der Waals surface area contributed by atoms with Crippen molar-refractivity contribution >= 4 is 43.1 Å². The van der Waals surface area contributed by atoms with E-state index in [0.29, 0.717) is 41.4 Å². The number of anilines is 2. The Hall–Kier alpha value is -2.07. The van der Waals surface area contributed by atoms with Gasteiger partial charge in [0.25, 0.3) is 10.0 Å². The maximum Gasteiger partial charge on any atom is 0.416 e. The number of alkyl halides is 3. The fraction of sp³-hybridized carbons (Fsp3) is 0.316. The Morgan fingerprint density at radius 3 is 2.48 bits per heavy atom. The van der Waals surface area contributed by atoms with Gasteiger partial charge in [0.2, 0.25) is 0 Å². The van der Waals surface area contributed by atoms with Gasteiger partial charge in [-0.15, -0.1) is 0 Å². The first-order valence-corrected chi connectivity index (χ1v) is 11.0. The van der Waals surface area contributed by atoms with Crippen LogP contribution in [0.25, 0.3) is 0 Å². The molecule has 2 aromatic carbocycles. The molecular weight excluding hydrogens is 473 g/mol. The van der Waals surface area contributed by atoms with Crippen molar-refractivity contribution in [1.82, 2.24) is 0 Å². The van der Waals surface area contributed by atoms with Gasteiger partial charge in [-0.05, 0) is 43.3 Å². The van der Waals surface area contributed by atoms with Gasteiger partial charge in [0.1, 0.15) is 5.78 Å². The monoisotopic (exact) mass is 490 g/mol. The number of sulfonamides is 1. The smallest absolute Gasteiger partial charge is 0.368 e. The minimum atomic E-state index is -4.64. The molecule has 0 bridgehead atoms. The Bertz CT molecular complexity index is 1040. The van der Waals surface area contributed by atoms with Gasteiger partial charge in [-0.2, -0.15) is 13.2 Å². The third-order valence-corrected chi connectivity index (χ3v) is 6.91. The summed E-state index contributed by atoms with van der Waals surface area (Å²) in [6.45, 7) is 2.29. The minimum Gasteiger partial charge on any atom is -0.368 e. The van der Waals surface area contributed by atoms with Crippen LogP contribution in [-0.2, 0) is 21.0 Å². The van der Waals surface area contributed by atoms with Crippen molar-refractivity contribution < 1.29 is 26.4 Å². The number of hydrogen-bond donors (Lipinski definition) is 0. The number of carbonyl (C=O) groups is 1. The average Bonchev–Trinajstić information content (AvgIpc) is 2.65. The van der Waals surface area contributed by atoms with E-state index in [1.54, 1.807) is 18.2 Å². The summed E-state index contributed by atoms with van der Waals surface area (Å²) in [5.74, 6) is 0.0164. The van der Waals surface area contributed by atoms with Crippen molar-refractivity contribution in [2.24, 2.45) is 0 Å². The molecule has 2 aromatic rings. The molecule has 0 fully saturated rings. The molecule has 1 aliphatic rings. The maximum atomic E-state index is 13.2. The third kappa shape index (κ3) is 4.58. The highest BCUT2D eigenvalue weighted by Gasteiger charge is 2.35. The standard InChI is InChI=1S/C19H18BrF3N2O3S/c1-13(26)7-8-24-9-10-25(18-12-15(20)5-6-17(18)24)29(27,28)16-4-2-3-14(11-16)19(21,22)23/h2-6,11-12H,7-10H2,1H3. The van der Waals surface area contributed by atoms with E-state index < -0.39 is 26.7 Å². The van der Waals surface area contributed by atoms with Crippen LogP contribution in [0.3, 0.4) is 0 Å². The first kappa shape index (κ1) is 21.6. The summed E-state index contributed by atoms with van der Waals surface area (Å²) in [5, 5.41) is 0. The van der Waals surface area contributed by atoms with Crippen molar-refractivity contribution in [3.05, 3.63) is 52.5 Å². The first-order valence-electron chi connectivity index (χ1n) is 8.74. The second-order valence-corrected chi connectivity index (χ2v) is 9.45. The lowest BCUT2D eigenvalue weighted by Gasteiger charge is -2.38. The van der Waals surface area contributed by atoms with Crippen molar-refractivity contribution in [2.45, 2.75) is 24.4 Å². The summed E-state index contributed by atoms with van der Waals surface area (Å²) < 4.78 is 67.2. The molecule has 0 aliphatic carbocycles. The molecule has 156 valence electrons. The average molecular weight is 491 g/mol. The summed E-state index contributed by atoms with van der Waals surface area (Å²) in [6.07, 6.45) is -4.33. The number of fused-ring (bicyclic) bond motifs is 1. The van der Waals surface area contributed by atoms with Gasteiger partial charge in [-0.1, -0.05) is 22.0 Å². The zero-order valence-electron chi connectivity index (χ0n) is 15.4. The van der Waals surface area contributed by atoms with Crippen LogP contribution in [0, 0.1) is 0 Å². The number of carbonyl (C=O) groups excluding carboxylic acids is 1. The van der Waals surface area contributed by atoms with Crippen LogP contribution in [0.15, 0.2) is 51.8 Å². The number of hydrogen-bond acceptors (Lipinski definition) is 4. The fourth-order valence-corrected chi connectivity index (χ4v) is 5.01. The lowest BCUT2D eigenvalue weighted by atomic mass is 10.2. The molecule has 0 radical (unpaired) electrons. The van der Waals surface area contributed by atoms with E-state index >= 15 is 0 Å². The molecule has 0 unspecified atom stereocenters. The maximum absolute atomic E-state index is 13.2. The van der Waals surface area contributed by atoms with Crippen LogP contribution in [0.1, 0.15) is 18.9 Å². The minimum absolute atomic E-state index is 0.0164. The fourth-order valence-electron chi connectivity index (χ4n) is 3.15. The molecule has 0 saturated heterocycles. The van der Waals surface area contributed by atoms with Crippen molar-refractivity contribution in [3.63, 3.8) is 0 Å². The number of nitrogens with zero attached hydrogens (tertiary/aromatic N) is 2. The quantitative estimate of drug-likeness (QED) is 0.620. The van der Waals surface area contributed by atoms with Crippen LogP contribution in [0.5, 0.6) is 0 Å². The lowest BCUT2D eigenvalue weighted by molar-refractivity contribution is -0.137. The molecule has 0 saturated carbocycles. The van der Waals surface area contributed by atoms with E-state index in [0.717, 1.165) is 22.5 Å². The van der Waals surface area contributed by atoms with Crippen LogP contribution in [0.4, 0.5) is 24.5 Å². The van der Waals surface area contributed by atoms with E-state index in [1.165, 1.54) is 6.92 Å². The van der Waals surface area contributed by atoms with Crippen molar-refractivity contribution in [2.75, 3.05) is 28.8 Å². The largest absolute Gasteiger partial charge is 0.416 e. The number of Topliss-reactive ketones (excluding diaryl/α,β-unsaturated/α-hetero) is 1. The van der Waals surface area contributed by atoms with Gasteiger partial charge in [-0.25, -0.2) is 8.42 Å². The van der Waals surface area contributed by atoms with Gasteiger partial charge in [0.15, 0.2) is 0 Å². The Labute approximate surface area is 175 Å². The molecule has 0 N–H and O–H groups in total. The molecule has 3 rings (SSSR count). The predicted octanol–water partition coefficient (Wildman–Crippen LogP) is 4.46. The van der Waals surface area contributed by atoms with Crippen molar-refractivity contribution in [3.8, 4) is 0 Å². The van der Waals surface area contributed by atoms with E-state index in [2.05, 4.69) is 15.9 Å². The molecule has 1 heterocycles. The Morgan fingerprint density at radius 1 is 1.10 bits per heavy atom. The van der Waals surface area contributed by atoms with Gasteiger partial charge in [0, 0.05) is 24.0 Å². The Morgan fingerprint density at radius 2 is 1.83 bits per heavy atom. The van der Waals surface area contributed by atoms with E-state index in [4.69, 9.17) is 0 Å². The third-order valence-electron chi connectivity index (χ3n) is 4.60. The highest BCUT2D eigenvalue weighted by atomic mass is 79.9. The van der Waals surface area contributed by atoms with E-state index in [-0.39, 0.29) is 12.3 Å². The van der Waals surface area contributed by atoms with Crippen molar-refractivity contribution in [1.29, 1.82) is 0 Å². The van der Waals surface area contributed by atoms with Crippen LogP contribution >= 0.6 is 15.9 Å². The second kappa shape index (κ2) is 7.98. The number of ketones is 1. The molecule has 29 heavy (non-hydrogen) atoms. The normalized spacial score (nSPS) is 14.7. The van der Waals surface area contributed by atoms with Gasteiger partial charge in [-0.3, -0.25) is 9.10 Å². The molecule has 0 amide bonds. The molecule has 0 spiro atoms. The Kier molecular flexibility index (Phi) is 5.96. The zero-order valence-corrected chi connectivity index (χ0v) is 17.8. The number of halogens is 4. The van der Waals surface area contributed by atoms with Crippen LogP contribution in [-0.4, -0.2) is 33.8 Å². The first-order chi connectivity index (χ1) is 13.5. The lowest BCUT2D eigenvalue weighted by Crippen LogP contribution is -2.44. The summed E-state index contributed by atoms with van der Waals surface area (Å²) in [5.41, 5.74) is -0.0593. The zero-order chi connectivity index (χ0) is 21.4. The van der Waals surface area contributed by atoms with Gasteiger partial charge < -0.3 is 4.90 Å². The molecule has 1 aliphatic heterocycles. The van der Waals surface area contributed by atoms with E-state index in [1.807, 2.05) is 4.90 Å². The van der Waals surface area contributed by atoms with Crippen LogP contribution < -0.4 is 9.21 Å². The molecule has 0 atom stereocenters. The topological polar surface area (TPSA) is 57.7 Å². The summed E-state index contributed by atoms with van der Waals surface area (Å²) in [7, 11) is -4.21.